The Balaban J connectivity index is 1.88. The normalized spacial score (nSPS) is 10.9. The fourth-order valence-corrected chi connectivity index (χ4v) is 2.52. The first-order valence-corrected chi connectivity index (χ1v) is 7.56. The lowest BCUT2D eigenvalue weighted by molar-refractivity contribution is -0.143. The second-order valence-electron chi connectivity index (χ2n) is 5.26. The molecule has 3 aromatic rings. The molecule has 0 atom stereocenters. The first kappa shape index (κ1) is 15.2. The molecule has 0 amide bonds. The Labute approximate surface area is 133 Å². The number of nitrogens with zero attached hydrogens (tertiary/aromatic N) is 1. The zero-order valence-corrected chi connectivity index (χ0v) is 12.8. The van der Waals surface area contributed by atoms with Crippen LogP contribution >= 0.6 is 0 Å². The third kappa shape index (κ3) is 3.39. The van der Waals surface area contributed by atoms with Crippen LogP contribution in [-0.4, -0.2) is 22.8 Å². The van der Waals surface area contributed by atoms with E-state index in [0.29, 0.717) is 19.4 Å². The fourth-order valence-electron chi connectivity index (χ4n) is 2.52. The SMILES string of the molecule is CCOC(=O)CCc1ccc2[nH]nc(-c3ccc(F)cc3)c2c1. The Morgan fingerprint density at radius 1 is 1.22 bits per heavy atom. The Morgan fingerprint density at radius 3 is 2.74 bits per heavy atom. The van der Waals surface area contributed by atoms with Gasteiger partial charge in [-0.1, -0.05) is 6.07 Å². The molecule has 0 unspecified atom stereocenters. The van der Waals surface area contributed by atoms with E-state index in [1.54, 1.807) is 19.1 Å². The van der Waals surface area contributed by atoms with Gasteiger partial charge in [0.25, 0.3) is 0 Å². The van der Waals surface area contributed by atoms with Gasteiger partial charge in [-0.3, -0.25) is 9.89 Å². The number of hydrogen-bond donors (Lipinski definition) is 1. The summed E-state index contributed by atoms with van der Waals surface area (Å²) in [5.41, 5.74) is 3.57. The molecule has 1 heterocycles. The van der Waals surface area contributed by atoms with Gasteiger partial charge >= 0.3 is 5.97 Å². The lowest BCUT2D eigenvalue weighted by Crippen LogP contribution is -2.05. The zero-order valence-electron chi connectivity index (χ0n) is 12.8. The van der Waals surface area contributed by atoms with E-state index in [1.165, 1.54) is 12.1 Å². The zero-order chi connectivity index (χ0) is 16.2. The topological polar surface area (TPSA) is 55.0 Å². The van der Waals surface area contributed by atoms with Crippen LogP contribution < -0.4 is 0 Å². The summed E-state index contributed by atoms with van der Waals surface area (Å²) in [6.45, 7) is 2.19. The Kier molecular flexibility index (Phi) is 4.37. The van der Waals surface area contributed by atoms with Crippen LogP contribution in [0.4, 0.5) is 4.39 Å². The molecule has 0 aliphatic heterocycles. The van der Waals surface area contributed by atoms with Crippen molar-refractivity contribution >= 4 is 16.9 Å². The second-order valence-corrected chi connectivity index (χ2v) is 5.26. The van der Waals surface area contributed by atoms with Crippen molar-refractivity contribution in [1.82, 2.24) is 10.2 Å². The fraction of sp³-hybridized carbons (Fsp3) is 0.222. The average Bonchev–Trinajstić information content (AvgIpc) is 2.97. The van der Waals surface area contributed by atoms with E-state index in [9.17, 15) is 9.18 Å². The van der Waals surface area contributed by atoms with Crippen LogP contribution in [0.1, 0.15) is 18.9 Å². The van der Waals surface area contributed by atoms with Gasteiger partial charge in [0.05, 0.1) is 17.8 Å². The van der Waals surface area contributed by atoms with Crippen LogP contribution in [0.15, 0.2) is 42.5 Å². The predicted octanol–water partition coefficient (Wildman–Crippen LogP) is 3.86. The van der Waals surface area contributed by atoms with E-state index in [0.717, 1.165) is 27.7 Å². The number of aromatic nitrogens is 2. The molecule has 0 bridgehead atoms. The van der Waals surface area contributed by atoms with Gasteiger partial charge in [0.2, 0.25) is 0 Å². The number of aryl methyl sites for hydroxylation is 1. The minimum absolute atomic E-state index is 0.196. The summed E-state index contributed by atoms with van der Waals surface area (Å²) in [7, 11) is 0. The summed E-state index contributed by atoms with van der Waals surface area (Å²) >= 11 is 0. The van der Waals surface area contributed by atoms with Crippen LogP contribution in [0, 0.1) is 5.82 Å². The van der Waals surface area contributed by atoms with E-state index in [2.05, 4.69) is 10.2 Å². The average molecular weight is 312 g/mol. The number of carbonyl (C=O) groups is 1. The number of ether oxygens (including phenoxy) is 1. The van der Waals surface area contributed by atoms with Crippen molar-refractivity contribution < 1.29 is 13.9 Å². The quantitative estimate of drug-likeness (QED) is 0.728. The maximum Gasteiger partial charge on any atom is 0.306 e. The molecule has 0 saturated carbocycles. The monoisotopic (exact) mass is 312 g/mol. The van der Waals surface area contributed by atoms with Crippen molar-refractivity contribution in [3.05, 3.63) is 53.8 Å². The summed E-state index contributed by atoms with van der Waals surface area (Å²) in [5, 5.41) is 8.26. The van der Waals surface area contributed by atoms with E-state index in [4.69, 9.17) is 4.74 Å². The Bertz CT molecular complexity index is 825. The van der Waals surface area contributed by atoms with Gasteiger partial charge in [-0.05, 0) is 55.3 Å². The second kappa shape index (κ2) is 6.60. The van der Waals surface area contributed by atoms with E-state index in [1.807, 2.05) is 18.2 Å². The van der Waals surface area contributed by atoms with Crippen LogP contribution in [0.2, 0.25) is 0 Å². The number of benzene rings is 2. The van der Waals surface area contributed by atoms with Gasteiger partial charge in [0.1, 0.15) is 5.82 Å². The summed E-state index contributed by atoms with van der Waals surface area (Å²) < 4.78 is 18.0. The van der Waals surface area contributed by atoms with Crippen molar-refractivity contribution in [3.8, 4) is 11.3 Å². The molecule has 0 fully saturated rings. The van der Waals surface area contributed by atoms with Gasteiger partial charge in [0.15, 0.2) is 0 Å². The highest BCUT2D eigenvalue weighted by Crippen LogP contribution is 2.27. The number of esters is 1. The minimum atomic E-state index is -0.274. The largest absolute Gasteiger partial charge is 0.466 e. The van der Waals surface area contributed by atoms with E-state index >= 15 is 0 Å². The summed E-state index contributed by atoms with van der Waals surface area (Å²) in [4.78, 5) is 11.5. The molecule has 4 nitrogen and oxygen atoms in total. The summed E-state index contributed by atoms with van der Waals surface area (Å²) in [5.74, 6) is -0.470. The van der Waals surface area contributed by atoms with Crippen LogP contribution in [-0.2, 0) is 16.0 Å². The van der Waals surface area contributed by atoms with Gasteiger partial charge < -0.3 is 4.74 Å². The van der Waals surface area contributed by atoms with Crippen molar-refractivity contribution in [2.24, 2.45) is 0 Å². The number of aromatic amines is 1. The van der Waals surface area contributed by atoms with E-state index in [-0.39, 0.29) is 11.8 Å². The number of hydrogen-bond acceptors (Lipinski definition) is 3. The number of H-pyrrole nitrogens is 1. The van der Waals surface area contributed by atoms with E-state index < -0.39 is 0 Å². The molecule has 1 N–H and O–H groups in total. The highest BCUT2D eigenvalue weighted by atomic mass is 19.1. The molecule has 5 heteroatoms. The lowest BCUT2D eigenvalue weighted by atomic mass is 10.0. The van der Waals surface area contributed by atoms with Crippen molar-refractivity contribution in [2.45, 2.75) is 19.8 Å². The summed E-state index contributed by atoms with van der Waals surface area (Å²) in [6, 6.07) is 12.2. The van der Waals surface area contributed by atoms with Gasteiger partial charge in [-0.2, -0.15) is 5.10 Å². The Morgan fingerprint density at radius 2 is 2.00 bits per heavy atom. The highest BCUT2D eigenvalue weighted by molar-refractivity contribution is 5.93. The standard InChI is InChI=1S/C18H17FN2O2/c1-2-23-17(22)10-4-12-3-9-16-15(11-12)18(21-20-16)13-5-7-14(19)8-6-13/h3,5-9,11H,2,4,10H2,1H3,(H,20,21). The first-order valence-electron chi connectivity index (χ1n) is 7.56. The van der Waals surface area contributed by atoms with Crippen LogP contribution in [0.3, 0.4) is 0 Å². The van der Waals surface area contributed by atoms with Crippen LogP contribution in [0.25, 0.3) is 22.2 Å². The molecule has 0 spiro atoms. The van der Waals surface area contributed by atoms with Gasteiger partial charge in [-0.15, -0.1) is 0 Å². The molecule has 0 radical (unpaired) electrons. The summed E-state index contributed by atoms with van der Waals surface area (Å²) in [6.07, 6.45) is 0.964. The molecule has 0 aliphatic rings. The molecule has 0 saturated heterocycles. The Hall–Kier alpha value is -2.69. The molecule has 3 rings (SSSR count). The molecule has 23 heavy (non-hydrogen) atoms. The number of carbonyl (C=O) groups excluding carboxylic acids is 1. The van der Waals surface area contributed by atoms with Crippen molar-refractivity contribution in [2.75, 3.05) is 6.61 Å². The number of nitrogens with one attached hydrogen (secondary N) is 1. The lowest BCUT2D eigenvalue weighted by Gasteiger charge is -2.03. The molecule has 2 aromatic carbocycles. The maximum absolute atomic E-state index is 13.1. The maximum atomic E-state index is 13.1. The van der Waals surface area contributed by atoms with Crippen molar-refractivity contribution in [1.29, 1.82) is 0 Å². The minimum Gasteiger partial charge on any atom is -0.466 e. The number of halogens is 1. The molecular formula is C18H17FN2O2. The van der Waals surface area contributed by atoms with Gasteiger partial charge in [-0.25, -0.2) is 4.39 Å². The first-order chi connectivity index (χ1) is 11.2. The molecule has 1 aromatic heterocycles. The molecular weight excluding hydrogens is 295 g/mol. The molecule has 118 valence electrons. The van der Waals surface area contributed by atoms with Crippen molar-refractivity contribution in [3.63, 3.8) is 0 Å². The third-order valence-electron chi connectivity index (χ3n) is 3.67. The van der Waals surface area contributed by atoms with Gasteiger partial charge in [0, 0.05) is 17.4 Å². The number of rotatable bonds is 5. The predicted molar refractivity (Wildman–Crippen MR) is 86.4 cm³/mol. The molecule has 0 aliphatic carbocycles. The van der Waals surface area contributed by atoms with Crippen LogP contribution in [0.5, 0.6) is 0 Å². The smallest absolute Gasteiger partial charge is 0.306 e. The third-order valence-corrected chi connectivity index (χ3v) is 3.67. The number of fused-ring (bicyclic) bond motifs is 1. The highest BCUT2D eigenvalue weighted by Gasteiger charge is 2.10.